The van der Waals surface area contributed by atoms with Crippen LogP contribution in [-0.4, -0.2) is 0 Å². The molecule has 2 rings (SSSR count). The minimum absolute atomic E-state index is 0.0370. The summed E-state index contributed by atoms with van der Waals surface area (Å²) >= 11 is 5.97. The lowest BCUT2D eigenvalue weighted by Crippen LogP contribution is -2.13. The van der Waals surface area contributed by atoms with Gasteiger partial charge in [0.15, 0.2) is 0 Å². The third-order valence-corrected chi connectivity index (χ3v) is 4.49. The zero-order chi connectivity index (χ0) is 13.8. The smallest absolute Gasteiger partial charge is 0.142 e. The lowest BCUT2D eigenvalue weighted by Gasteiger charge is -2.28. The van der Waals surface area contributed by atoms with Gasteiger partial charge in [0.25, 0.3) is 0 Å². The molecule has 1 aliphatic carbocycles. The van der Waals surface area contributed by atoms with Crippen LogP contribution in [0.3, 0.4) is 0 Å². The van der Waals surface area contributed by atoms with Crippen LogP contribution in [0.1, 0.15) is 62.5 Å². The second-order valence-electron chi connectivity index (χ2n) is 5.48. The summed E-state index contributed by atoms with van der Waals surface area (Å²) in [5, 5.41) is 9.06. The van der Waals surface area contributed by atoms with E-state index in [1.807, 2.05) is 6.07 Å². The quantitative estimate of drug-likeness (QED) is 0.724. The highest BCUT2D eigenvalue weighted by atomic mass is 35.5. The molecule has 1 nitrogen and oxygen atoms in total. The number of hydrogen-bond acceptors (Lipinski definition) is 1. The fourth-order valence-electron chi connectivity index (χ4n) is 3.13. The Hall–Kier alpha value is -1.07. The van der Waals surface area contributed by atoms with Crippen molar-refractivity contribution in [3.63, 3.8) is 0 Å². The van der Waals surface area contributed by atoms with Crippen LogP contribution >= 0.6 is 11.6 Å². The molecule has 0 aliphatic heterocycles. The van der Waals surface area contributed by atoms with Gasteiger partial charge in [-0.05, 0) is 55.2 Å². The van der Waals surface area contributed by atoms with Crippen molar-refractivity contribution in [2.24, 2.45) is 5.92 Å². The number of hydrogen-bond donors (Lipinski definition) is 0. The zero-order valence-electron chi connectivity index (χ0n) is 11.3. The molecular formula is C16H19ClFN. The molecule has 0 spiro atoms. The van der Waals surface area contributed by atoms with Gasteiger partial charge < -0.3 is 0 Å². The van der Waals surface area contributed by atoms with Gasteiger partial charge in [0, 0.05) is 0 Å². The Morgan fingerprint density at radius 2 is 2.00 bits per heavy atom. The molecule has 0 saturated heterocycles. The van der Waals surface area contributed by atoms with Crippen molar-refractivity contribution in [1.82, 2.24) is 0 Å². The van der Waals surface area contributed by atoms with Crippen molar-refractivity contribution in [3.05, 3.63) is 34.1 Å². The van der Waals surface area contributed by atoms with Gasteiger partial charge in [-0.2, -0.15) is 5.26 Å². The topological polar surface area (TPSA) is 23.8 Å². The molecule has 1 saturated carbocycles. The first-order valence-corrected chi connectivity index (χ1v) is 7.42. The number of rotatable bonds is 3. The van der Waals surface area contributed by atoms with Gasteiger partial charge >= 0.3 is 0 Å². The van der Waals surface area contributed by atoms with E-state index in [1.165, 1.54) is 31.7 Å². The molecule has 102 valence electrons. The summed E-state index contributed by atoms with van der Waals surface area (Å²) in [4.78, 5) is 0. The van der Waals surface area contributed by atoms with Gasteiger partial charge in [-0.1, -0.05) is 31.4 Å². The van der Waals surface area contributed by atoms with Gasteiger partial charge in [-0.3, -0.25) is 0 Å². The predicted octanol–water partition coefficient (Wildman–Crippen LogP) is 5.42. The number of halogens is 2. The Morgan fingerprint density at radius 1 is 1.32 bits per heavy atom. The third kappa shape index (κ3) is 3.28. The molecular weight excluding hydrogens is 261 g/mol. The molecule has 0 bridgehead atoms. The first-order valence-electron chi connectivity index (χ1n) is 7.04. The van der Waals surface area contributed by atoms with E-state index in [0.29, 0.717) is 5.92 Å². The van der Waals surface area contributed by atoms with Crippen LogP contribution < -0.4 is 0 Å². The van der Waals surface area contributed by atoms with Crippen LogP contribution in [-0.2, 0) is 0 Å². The second kappa shape index (κ2) is 6.39. The lowest BCUT2D eigenvalue weighted by molar-refractivity contribution is 0.308. The molecule has 1 aliphatic rings. The summed E-state index contributed by atoms with van der Waals surface area (Å²) < 4.78 is 13.8. The van der Waals surface area contributed by atoms with Crippen LogP contribution in [0, 0.1) is 23.1 Å². The normalized spacial score (nSPS) is 23.1. The summed E-state index contributed by atoms with van der Waals surface area (Å²) in [6, 6.07) is 5.08. The monoisotopic (exact) mass is 279 g/mol. The van der Waals surface area contributed by atoms with Gasteiger partial charge in [0.05, 0.1) is 5.02 Å². The summed E-state index contributed by atoms with van der Waals surface area (Å²) in [7, 11) is 0. The van der Waals surface area contributed by atoms with Crippen molar-refractivity contribution in [2.75, 3.05) is 0 Å². The molecule has 1 aromatic carbocycles. The molecule has 3 heteroatoms. The van der Waals surface area contributed by atoms with E-state index in [0.717, 1.165) is 24.3 Å². The minimum Gasteiger partial charge on any atom is -0.205 e. The van der Waals surface area contributed by atoms with Crippen molar-refractivity contribution in [3.8, 4) is 6.07 Å². The highest BCUT2D eigenvalue weighted by molar-refractivity contribution is 6.31. The standard InChI is InChI=1S/C16H19ClFN/c1-2-3-11-4-6-12(7-5-11)13-8-15(17)14(10-19)16(18)9-13/h8-9,11-12H,2-7H2,1H3/t11-,12-. The maximum Gasteiger partial charge on any atom is 0.142 e. The fraction of sp³-hybridized carbons (Fsp3) is 0.562. The minimum atomic E-state index is -0.485. The molecule has 0 aromatic heterocycles. The Labute approximate surface area is 119 Å². The first-order chi connectivity index (χ1) is 9.15. The Morgan fingerprint density at radius 3 is 2.53 bits per heavy atom. The van der Waals surface area contributed by atoms with Crippen LogP contribution in [0.25, 0.3) is 0 Å². The van der Waals surface area contributed by atoms with E-state index in [2.05, 4.69) is 6.92 Å². The average molecular weight is 280 g/mol. The molecule has 1 fully saturated rings. The molecule has 1 aromatic rings. The molecule has 0 amide bonds. The summed E-state index contributed by atoms with van der Waals surface area (Å²) in [5.74, 6) is 0.744. The maximum atomic E-state index is 13.8. The SMILES string of the molecule is CCC[C@H]1CC[C@H](c2cc(F)c(C#N)c(Cl)c2)CC1. The number of nitriles is 1. The van der Waals surface area contributed by atoms with E-state index in [4.69, 9.17) is 16.9 Å². The van der Waals surface area contributed by atoms with E-state index < -0.39 is 5.82 Å². The third-order valence-electron chi connectivity index (χ3n) is 4.19. The number of benzene rings is 1. The molecule has 0 atom stereocenters. The van der Waals surface area contributed by atoms with E-state index in [-0.39, 0.29) is 10.6 Å². The van der Waals surface area contributed by atoms with Gasteiger partial charge in [0.1, 0.15) is 17.4 Å². The molecule has 0 unspecified atom stereocenters. The van der Waals surface area contributed by atoms with E-state index in [9.17, 15) is 4.39 Å². The second-order valence-corrected chi connectivity index (χ2v) is 5.88. The summed E-state index contributed by atoms with van der Waals surface area (Å²) in [6.45, 7) is 2.22. The van der Waals surface area contributed by atoms with Crippen molar-refractivity contribution >= 4 is 11.6 Å². The molecule has 0 N–H and O–H groups in total. The molecule has 19 heavy (non-hydrogen) atoms. The predicted molar refractivity (Wildman–Crippen MR) is 75.7 cm³/mol. The average Bonchev–Trinajstić information content (AvgIpc) is 2.39. The highest BCUT2D eigenvalue weighted by Gasteiger charge is 2.23. The fourth-order valence-corrected chi connectivity index (χ4v) is 3.39. The largest absolute Gasteiger partial charge is 0.205 e. The van der Waals surface area contributed by atoms with Crippen molar-refractivity contribution < 1.29 is 4.39 Å². The molecule has 0 radical (unpaired) electrons. The van der Waals surface area contributed by atoms with Crippen molar-refractivity contribution in [1.29, 1.82) is 5.26 Å². The van der Waals surface area contributed by atoms with Crippen LogP contribution in [0.2, 0.25) is 5.02 Å². The van der Waals surface area contributed by atoms with Crippen LogP contribution in [0.15, 0.2) is 12.1 Å². The first kappa shape index (κ1) is 14.3. The zero-order valence-corrected chi connectivity index (χ0v) is 12.0. The van der Waals surface area contributed by atoms with Gasteiger partial charge in [-0.25, -0.2) is 4.39 Å². The van der Waals surface area contributed by atoms with E-state index in [1.54, 1.807) is 6.07 Å². The van der Waals surface area contributed by atoms with E-state index >= 15 is 0 Å². The Balaban J connectivity index is 2.10. The van der Waals surface area contributed by atoms with Gasteiger partial charge in [-0.15, -0.1) is 0 Å². The number of nitrogens with zero attached hydrogens (tertiary/aromatic N) is 1. The van der Waals surface area contributed by atoms with Crippen LogP contribution in [0.5, 0.6) is 0 Å². The highest BCUT2D eigenvalue weighted by Crippen LogP contribution is 2.38. The maximum absolute atomic E-state index is 13.8. The van der Waals surface area contributed by atoms with Crippen LogP contribution in [0.4, 0.5) is 4.39 Å². The van der Waals surface area contributed by atoms with Gasteiger partial charge in [0.2, 0.25) is 0 Å². The molecule has 0 heterocycles. The summed E-state index contributed by atoms with van der Waals surface area (Å²) in [5.41, 5.74) is 0.918. The van der Waals surface area contributed by atoms with Crippen molar-refractivity contribution in [2.45, 2.75) is 51.4 Å². The summed E-state index contributed by atoms with van der Waals surface area (Å²) in [6.07, 6.45) is 7.19. The Kier molecular flexibility index (Phi) is 4.82. The lowest BCUT2D eigenvalue weighted by atomic mass is 9.77. The Bertz CT molecular complexity index is 461.